The zero-order chi connectivity index (χ0) is 13.2. The molecule has 1 saturated carbocycles. The predicted octanol–water partition coefficient (Wildman–Crippen LogP) is 0.695. The fraction of sp³-hybridized carbons (Fsp3) is 1.00. The van der Waals surface area contributed by atoms with Gasteiger partial charge in [0.05, 0.1) is 24.2 Å². The number of hydrogen-bond acceptors (Lipinski definition) is 5. The molecule has 5 nitrogen and oxygen atoms in total. The second-order valence-electron chi connectivity index (χ2n) is 5.15. The molecule has 0 aromatic heterocycles. The van der Waals surface area contributed by atoms with Crippen LogP contribution in [0.4, 0.5) is 0 Å². The SMILES string of the molecule is CCCS(=O)(=O)C1CC2(CCC1NC)OCCO2. The Labute approximate surface area is 109 Å². The lowest BCUT2D eigenvalue weighted by atomic mass is 9.89. The molecule has 1 heterocycles. The van der Waals surface area contributed by atoms with Gasteiger partial charge >= 0.3 is 0 Å². The zero-order valence-corrected chi connectivity index (χ0v) is 12.0. The van der Waals surface area contributed by atoms with Crippen LogP contribution < -0.4 is 5.32 Å². The zero-order valence-electron chi connectivity index (χ0n) is 11.1. The van der Waals surface area contributed by atoms with Crippen molar-refractivity contribution in [3.8, 4) is 0 Å². The van der Waals surface area contributed by atoms with Crippen molar-refractivity contribution in [3.63, 3.8) is 0 Å². The Morgan fingerprint density at radius 3 is 2.56 bits per heavy atom. The third-order valence-corrected chi connectivity index (χ3v) is 6.33. The standard InChI is InChI=1S/C12H23NO4S/c1-3-8-18(14,15)11-9-12(16-6-7-17-12)5-4-10(11)13-2/h10-11,13H,3-9H2,1-2H3. The summed E-state index contributed by atoms with van der Waals surface area (Å²) in [6.07, 6.45) is 2.67. The van der Waals surface area contributed by atoms with Crippen LogP contribution in [-0.4, -0.2) is 51.5 Å². The number of sulfone groups is 1. The Bertz CT molecular complexity index is 376. The van der Waals surface area contributed by atoms with Gasteiger partial charge in [-0.3, -0.25) is 0 Å². The molecule has 2 unspecified atom stereocenters. The van der Waals surface area contributed by atoms with Crippen LogP contribution in [0.25, 0.3) is 0 Å². The van der Waals surface area contributed by atoms with Gasteiger partial charge in [0.2, 0.25) is 0 Å². The van der Waals surface area contributed by atoms with Crippen molar-refractivity contribution >= 4 is 9.84 Å². The van der Waals surface area contributed by atoms with E-state index in [0.29, 0.717) is 26.1 Å². The maximum absolute atomic E-state index is 12.3. The molecule has 0 bridgehead atoms. The highest BCUT2D eigenvalue weighted by Gasteiger charge is 2.48. The van der Waals surface area contributed by atoms with Gasteiger partial charge < -0.3 is 14.8 Å². The van der Waals surface area contributed by atoms with E-state index < -0.39 is 20.9 Å². The van der Waals surface area contributed by atoms with E-state index in [1.165, 1.54) is 0 Å². The second-order valence-corrected chi connectivity index (χ2v) is 7.49. The third-order valence-electron chi connectivity index (χ3n) is 3.93. The number of hydrogen-bond donors (Lipinski definition) is 1. The van der Waals surface area contributed by atoms with Crippen molar-refractivity contribution in [1.29, 1.82) is 0 Å². The molecular formula is C12H23NO4S. The first-order valence-corrected chi connectivity index (χ1v) is 8.41. The summed E-state index contributed by atoms with van der Waals surface area (Å²) in [5.41, 5.74) is 0. The van der Waals surface area contributed by atoms with Crippen LogP contribution in [0, 0.1) is 0 Å². The molecule has 1 spiro atoms. The Morgan fingerprint density at radius 2 is 2.00 bits per heavy atom. The largest absolute Gasteiger partial charge is 0.347 e. The van der Waals surface area contributed by atoms with Crippen LogP contribution in [0.5, 0.6) is 0 Å². The van der Waals surface area contributed by atoms with Crippen molar-refractivity contribution in [2.24, 2.45) is 0 Å². The Balaban J connectivity index is 2.18. The molecule has 1 aliphatic carbocycles. The Hall–Kier alpha value is -0.170. The number of nitrogens with one attached hydrogen (secondary N) is 1. The number of ether oxygens (including phenoxy) is 2. The summed E-state index contributed by atoms with van der Waals surface area (Å²) in [5, 5.41) is 2.74. The third kappa shape index (κ3) is 2.71. The van der Waals surface area contributed by atoms with Gasteiger partial charge in [-0.15, -0.1) is 0 Å². The molecule has 0 aromatic carbocycles. The summed E-state index contributed by atoms with van der Waals surface area (Å²) in [7, 11) is -1.25. The summed E-state index contributed by atoms with van der Waals surface area (Å²) in [6.45, 7) is 3.04. The molecule has 2 aliphatic rings. The van der Waals surface area contributed by atoms with E-state index in [2.05, 4.69) is 5.32 Å². The molecule has 0 radical (unpaired) electrons. The van der Waals surface area contributed by atoms with E-state index in [1.807, 2.05) is 14.0 Å². The lowest BCUT2D eigenvalue weighted by Crippen LogP contribution is -2.53. The van der Waals surface area contributed by atoms with E-state index >= 15 is 0 Å². The highest BCUT2D eigenvalue weighted by atomic mass is 32.2. The lowest BCUT2D eigenvalue weighted by molar-refractivity contribution is -0.178. The molecule has 2 fully saturated rings. The van der Waals surface area contributed by atoms with Gasteiger partial charge in [-0.05, 0) is 19.9 Å². The normalized spacial score (nSPS) is 31.9. The van der Waals surface area contributed by atoms with Crippen LogP contribution in [-0.2, 0) is 19.3 Å². The van der Waals surface area contributed by atoms with Gasteiger partial charge in [-0.2, -0.15) is 0 Å². The van der Waals surface area contributed by atoms with Gasteiger partial charge in [0.25, 0.3) is 0 Å². The molecule has 1 N–H and O–H groups in total. The molecule has 0 amide bonds. The molecule has 1 aliphatic heterocycles. The van der Waals surface area contributed by atoms with Crippen LogP contribution in [0.1, 0.15) is 32.6 Å². The highest BCUT2D eigenvalue weighted by molar-refractivity contribution is 7.92. The van der Waals surface area contributed by atoms with E-state index in [1.54, 1.807) is 0 Å². The monoisotopic (exact) mass is 277 g/mol. The van der Waals surface area contributed by atoms with Crippen LogP contribution >= 0.6 is 0 Å². The maximum atomic E-state index is 12.3. The smallest absolute Gasteiger partial charge is 0.169 e. The van der Waals surface area contributed by atoms with E-state index in [4.69, 9.17) is 9.47 Å². The quantitative estimate of drug-likeness (QED) is 0.819. The predicted molar refractivity (Wildman–Crippen MR) is 69.2 cm³/mol. The Kier molecular flexibility index (Phi) is 4.31. The van der Waals surface area contributed by atoms with Crippen molar-refractivity contribution in [1.82, 2.24) is 5.32 Å². The number of rotatable bonds is 4. The molecule has 1 saturated heterocycles. The van der Waals surface area contributed by atoms with E-state index in [9.17, 15) is 8.42 Å². The van der Waals surface area contributed by atoms with Gasteiger partial charge in [0.1, 0.15) is 0 Å². The van der Waals surface area contributed by atoms with Gasteiger partial charge in [0, 0.05) is 18.9 Å². The van der Waals surface area contributed by atoms with Crippen molar-refractivity contribution in [2.45, 2.75) is 49.7 Å². The molecular weight excluding hydrogens is 254 g/mol. The fourth-order valence-corrected chi connectivity index (χ4v) is 5.17. The fourth-order valence-electron chi connectivity index (χ4n) is 3.01. The van der Waals surface area contributed by atoms with Crippen LogP contribution in [0.2, 0.25) is 0 Å². The first kappa shape index (κ1) is 14.2. The van der Waals surface area contributed by atoms with Crippen molar-refractivity contribution in [2.75, 3.05) is 26.0 Å². The minimum Gasteiger partial charge on any atom is -0.347 e. The van der Waals surface area contributed by atoms with Gasteiger partial charge in [0.15, 0.2) is 15.6 Å². The first-order valence-electron chi connectivity index (χ1n) is 6.70. The lowest BCUT2D eigenvalue weighted by Gasteiger charge is -2.40. The topological polar surface area (TPSA) is 64.6 Å². The Morgan fingerprint density at radius 1 is 1.33 bits per heavy atom. The minimum atomic E-state index is -3.08. The summed E-state index contributed by atoms with van der Waals surface area (Å²) in [5.74, 6) is -0.398. The molecule has 18 heavy (non-hydrogen) atoms. The van der Waals surface area contributed by atoms with Crippen LogP contribution in [0.15, 0.2) is 0 Å². The molecule has 106 valence electrons. The molecule has 2 rings (SSSR count). The highest BCUT2D eigenvalue weighted by Crippen LogP contribution is 2.38. The van der Waals surface area contributed by atoms with E-state index in [0.717, 1.165) is 12.8 Å². The average molecular weight is 277 g/mol. The summed E-state index contributed by atoms with van der Waals surface area (Å²) in [6, 6.07) is 0.0139. The van der Waals surface area contributed by atoms with Gasteiger partial charge in [-0.25, -0.2) is 8.42 Å². The maximum Gasteiger partial charge on any atom is 0.169 e. The van der Waals surface area contributed by atoms with Crippen molar-refractivity contribution in [3.05, 3.63) is 0 Å². The average Bonchev–Trinajstić information content (AvgIpc) is 2.77. The molecule has 2 atom stereocenters. The van der Waals surface area contributed by atoms with Crippen LogP contribution in [0.3, 0.4) is 0 Å². The molecule has 6 heteroatoms. The first-order chi connectivity index (χ1) is 8.53. The molecule has 0 aromatic rings. The second kappa shape index (κ2) is 5.45. The summed E-state index contributed by atoms with van der Waals surface area (Å²) in [4.78, 5) is 0. The van der Waals surface area contributed by atoms with E-state index in [-0.39, 0.29) is 11.8 Å². The summed E-state index contributed by atoms with van der Waals surface area (Å²) < 4.78 is 36.0. The minimum absolute atomic E-state index is 0.0139. The van der Waals surface area contributed by atoms with Crippen molar-refractivity contribution < 1.29 is 17.9 Å². The summed E-state index contributed by atoms with van der Waals surface area (Å²) >= 11 is 0. The van der Waals surface area contributed by atoms with Gasteiger partial charge in [-0.1, -0.05) is 6.92 Å².